The minimum absolute atomic E-state index is 0.198. The molecule has 0 aliphatic carbocycles. The van der Waals surface area contributed by atoms with Crippen LogP contribution in [0.1, 0.15) is 0 Å². The lowest BCUT2D eigenvalue weighted by molar-refractivity contribution is 0.826. The van der Waals surface area contributed by atoms with Gasteiger partial charge in [-0.05, 0) is 28.8 Å². The number of rotatable bonds is 0. The highest BCUT2D eigenvalue weighted by atomic mass is 32.2. The van der Waals surface area contributed by atoms with Crippen LogP contribution in [0.2, 0.25) is 0 Å². The highest BCUT2D eigenvalue weighted by Gasteiger charge is 2.42. The summed E-state index contributed by atoms with van der Waals surface area (Å²) in [6.07, 6.45) is 2.41. The highest BCUT2D eigenvalue weighted by molar-refractivity contribution is 8.27. The lowest BCUT2D eigenvalue weighted by Crippen LogP contribution is -2.65. The minimum atomic E-state index is 0.198. The normalized spacial score (nSPS) is 24.8. The van der Waals surface area contributed by atoms with Crippen molar-refractivity contribution in [2.75, 3.05) is 0 Å². The van der Waals surface area contributed by atoms with Crippen molar-refractivity contribution in [1.29, 1.82) is 0 Å². The van der Waals surface area contributed by atoms with Gasteiger partial charge in [-0.1, -0.05) is 0 Å². The second-order valence-corrected chi connectivity index (χ2v) is 4.40. The number of nitrogens with one attached hydrogen (secondary N) is 1. The number of hydrogen-bond donors (Lipinski definition) is 1. The van der Waals surface area contributed by atoms with E-state index in [1.807, 2.05) is 0 Å². The number of nitrogens with zero attached hydrogens (tertiary/aromatic N) is 2. The Morgan fingerprint density at radius 3 is 3.58 bits per heavy atom. The Kier molecular flexibility index (Phi) is 1.65. The summed E-state index contributed by atoms with van der Waals surface area (Å²) in [5, 5.41) is 8.49. The summed E-state index contributed by atoms with van der Waals surface area (Å²) < 4.78 is 4.23. The van der Waals surface area contributed by atoms with Gasteiger partial charge in [0, 0.05) is 0 Å². The van der Waals surface area contributed by atoms with Gasteiger partial charge >= 0.3 is 20.8 Å². The summed E-state index contributed by atoms with van der Waals surface area (Å²) >= 11 is 3.32. The molecule has 1 fully saturated rings. The van der Waals surface area contributed by atoms with Gasteiger partial charge in [-0.3, -0.25) is 4.13 Å². The van der Waals surface area contributed by atoms with E-state index in [4.69, 9.17) is 0 Å². The molecule has 0 amide bonds. The highest BCUT2D eigenvalue weighted by Crippen LogP contribution is 2.26. The van der Waals surface area contributed by atoms with Crippen LogP contribution < -0.4 is 5.14 Å². The molecule has 3 rings (SSSR count). The van der Waals surface area contributed by atoms with Crippen molar-refractivity contribution in [3.63, 3.8) is 0 Å². The molecule has 0 atom stereocenters. The third kappa shape index (κ3) is 1.01. The smallest absolute Gasteiger partial charge is 0.393 e. The molecule has 3 nitrogen and oxygen atoms in total. The Bertz CT molecular complexity index is 300. The van der Waals surface area contributed by atoms with Gasteiger partial charge < -0.3 is 9.86 Å². The van der Waals surface area contributed by atoms with E-state index in [2.05, 4.69) is 44.2 Å². The van der Waals surface area contributed by atoms with Gasteiger partial charge in [0.15, 0.2) is 0 Å². The average molecular weight is 190 g/mol. The zero-order valence-electron chi connectivity index (χ0n) is 6.10. The summed E-state index contributed by atoms with van der Waals surface area (Å²) in [5.41, 5.74) is 0. The van der Waals surface area contributed by atoms with E-state index in [-0.39, 0.29) is 6.98 Å². The zero-order valence-corrected chi connectivity index (χ0v) is 7.73. The van der Waals surface area contributed by atoms with E-state index in [9.17, 15) is 0 Å². The molecule has 1 N–H and O–H groups in total. The molecule has 0 unspecified atom stereocenters. The fourth-order valence-electron chi connectivity index (χ4n) is 1.28. The van der Waals surface area contributed by atoms with Crippen LogP contribution in [-0.2, 0) is 0 Å². The second-order valence-electron chi connectivity index (χ2n) is 2.60. The average Bonchev–Trinajstić information content (AvgIpc) is 2.64. The first-order valence-corrected chi connectivity index (χ1v) is 5.31. The molecule has 0 aromatic heterocycles. The molecule has 3 aliphatic heterocycles. The van der Waals surface area contributed by atoms with Crippen molar-refractivity contribution in [3.8, 4) is 11.1 Å². The molecule has 0 aromatic carbocycles. The Labute approximate surface area is 81.2 Å². The molecular weight excluding hydrogens is 187 g/mol. The molecule has 1 radical (unpaired) electrons. The predicted molar refractivity (Wildman–Crippen MR) is 56.2 cm³/mol. The molecule has 1 saturated heterocycles. The van der Waals surface area contributed by atoms with Gasteiger partial charge in [-0.25, -0.2) is 0 Å². The fourth-order valence-corrected chi connectivity index (χ4v) is 2.75. The Morgan fingerprint density at radius 2 is 2.58 bits per heavy atom. The van der Waals surface area contributed by atoms with Crippen LogP contribution in [0, 0.1) is 11.1 Å². The van der Waals surface area contributed by atoms with E-state index in [0.717, 1.165) is 0 Å². The van der Waals surface area contributed by atoms with Crippen LogP contribution in [0.25, 0.3) is 0 Å². The van der Waals surface area contributed by atoms with Gasteiger partial charge in [0.2, 0.25) is 0 Å². The van der Waals surface area contributed by atoms with Crippen molar-refractivity contribution < 1.29 is 0 Å². The van der Waals surface area contributed by atoms with Crippen molar-refractivity contribution in [3.05, 3.63) is 11.6 Å². The Morgan fingerprint density at radius 1 is 1.58 bits per heavy atom. The zero-order chi connectivity index (χ0) is 7.97. The van der Waals surface area contributed by atoms with Gasteiger partial charge in [-0.15, -0.1) is 17.4 Å². The summed E-state index contributed by atoms with van der Waals surface area (Å²) in [7, 11) is 2.08. The van der Waals surface area contributed by atoms with E-state index < -0.39 is 0 Å². The maximum Gasteiger partial charge on any atom is 0.393 e. The van der Waals surface area contributed by atoms with Crippen LogP contribution in [0.15, 0.2) is 11.6 Å². The van der Waals surface area contributed by atoms with Gasteiger partial charge in [0.1, 0.15) is 0 Å². The lowest BCUT2D eigenvalue weighted by Gasteiger charge is -2.34. The SMILES string of the molecule is [B]1N2C=CSB2NB2C#CSN12. The molecule has 3 aliphatic rings. The van der Waals surface area contributed by atoms with E-state index in [1.165, 1.54) is 0 Å². The van der Waals surface area contributed by atoms with Gasteiger partial charge in [-0.2, -0.15) is 0 Å². The second kappa shape index (κ2) is 2.71. The molecule has 0 spiro atoms. The molecule has 3 heterocycles. The molecular formula is C4H3B3N3S2. The van der Waals surface area contributed by atoms with Gasteiger partial charge in [0.05, 0.1) is 0 Å². The van der Waals surface area contributed by atoms with Crippen molar-refractivity contribution in [1.82, 2.24) is 14.0 Å². The Balaban J connectivity index is 1.81. The summed E-state index contributed by atoms with van der Waals surface area (Å²) in [6, 6.07) is 0. The molecule has 0 aromatic rings. The maximum absolute atomic E-state index is 3.40. The van der Waals surface area contributed by atoms with Crippen LogP contribution in [-0.4, -0.2) is 29.6 Å². The first-order valence-electron chi connectivity index (χ1n) is 3.60. The number of hydrogen-bond acceptors (Lipinski definition) is 5. The summed E-state index contributed by atoms with van der Waals surface area (Å²) in [6.45, 7) is 0.198. The van der Waals surface area contributed by atoms with Crippen LogP contribution >= 0.6 is 23.6 Å². The van der Waals surface area contributed by atoms with Crippen LogP contribution in [0.3, 0.4) is 0 Å². The maximum atomic E-state index is 3.40. The quantitative estimate of drug-likeness (QED) is 0.316. The lowest BCUT2D eigenvalue weighted by atomic mass is 9.64. The molecule has 8 heteroatoms. The summed E-state index contributed by atoms with van der Waals surface area (Å²) in [5.74, 6) is 3.10. The third-order valence-corrected chi connectivity index (χ3v) is 3.50. The molecule has 0 bridgehead atoms. The topological polar surface area (TPSA) is 18.5 Å². The molecule has 0 saturated carbocycles. The first-order chi connectivity index (χ1) is 5.93. The Hall–Kier alpha value is -0.0852. The third-order valence-electron chi connectivity index (χ3n) is 1.86. The predicted octanol–water partition coefficient (Wildman–Crippen LogP) is -0.419. The largest absolute Gasteiger partial charge is 0.433 e. The van der Waals surface area contributed by atoms with Crippen LogP contribution in [0.4, 0.5) is 0 Å². The first kappa shape index (κ1) is 7.33. The van der Waals surface area contributed by atoms with E-state index >= 15 is 0 Å². The minimum Gasteiger partial charge on any atom is -0.433 e. The van der Waals surface area contributed by atoms with Crippen molar-refractivity contribution >= 4 is 44.4 Å². The standard InChI is InChI=1S/C4H3B3N3S2/c1-3-12-10-5-9-2-4-11-7(9)8-6(1)10/h2,4,8H. The molecule has 12 heavy (non-hydrogen) atoms. The van der Waals surface area contributed by atoms with Crippen LogP contribution in [0.5, 0.6) is 0 Å². The summed E-state index contributed by atoms with van der Waals surface area (Å²) in [4.78, 5) is 0. The van der Waals surface area contributed by atoms with E-state index in [1.54, 1.807) is 23.6 Å². The monoisotopic (exact) mass is 190 g/mol. The van der Waals surface area contributed by atoms with Crippen molar-refractivity contribution in [2.45, 2.75) is 0 Å². The van der Waals surface area contributed by atoms with Crippen molar-refractivity contribution in [2.24, 2.45) is 0 Å². The van der Waals surface area contributed by atoms with E-state index in [0.29, 0.717) is 6.26 Å². The fraction of sp³-hybridized carbons (Fsp3) is 0. The number of fused-ring (bicyclic) bond motifs is 2. The molecule has 55 valence electrons. The van der Waals surface area contributed by atoms with Gasteiger partial charge in [0.25, 0.3) is 0 Å².